The Morgan fingerprint density at radius 3 is 2.52 bits per heavy atom. The van der Waals surface area contributed by atoms with Crippen LogP contribution < -0.4 is 5.32 Å². The van der Waals surface area contributed by atoms with Crippen LogP contribution in [0.25, 0.3) is 0 Å². The summed E-state index contributed by atoms with van der Waals surface area (Å²) in [4.78, 5) is 28.1. The predicted molar refractivity (Wildman–Crippen MR) is 77.0 cm³/mol. The van der Waals surface area contributed by atoms with Crippen LogP contribution >= 0.6 is 0 Å². The summed E-state index contributed by atoms with van der Waals surface area (Å²) in [5.74, 6) is -0.403. The van der Waals surface area contributed by atoms with Crippen LogP contribution in [0.4, 0.5) is 0 Å². The molecule has 6 heteroatoms. The van der Waals surface area contributed by atoms with E-state index in [2.05, 4.69) is 10.2 Å². The summed E-state index contributed by atoms with van der Waals surface area (Å²) in [5, 5.41) is 3.08. The molecule has 0 aliphatic carbocycles. The van der Waals surface area contributed by atoms with E-state index in [4.69, 9.17) is 4.74 Å². The third kappa shape index (κ3) is 2.70. The van der Waals surface area contributed by atoms with Crippen molar-refractivity contribution in [1.82, 2.24) is 15.1 Å². The number of hydrogen-bond donors (Lipinski definition) is 1. The van der Waals surface area contributed by atoms with Gasteiger partial charge in [0.15, 0.2) is 0 Å². The van der Waals surface area contributed by atoms with Crippen molar-refractivity contribution >= 4 is 11.8 Å². The van der Waals surface area contributed by atoms with Crippen molar-refractivity contribution in [2.24, 2.45) is 0 Å². The Morgan fingerprint density at radius 1 is 1.24 bits per heavy atom. The Balaban J connectivity index is 1.69. The van der Waals surface area contributed by atoms with Gasteiger partial charge >= 0.3 is 0 Å². The lowest BCUT2D eigenvalue weighted by molar-refractivity contribution is -0.0378. The van der Waals surface area contributed by atoms with Crippen LogP contribution in [0.3, 0.4) is 0 Å². The van der Waals surface area contributed by atoms with Gasteiger partial charge in [-0.25, -0.2) is 0 Å². The quantitative estimate of drug-likeness (QED) is 0.800. The molecule has 2 heterocycles. The maximum absolute atomic E-state index is 12.3. The third-order valence-electron chi connectivity index (χ3n) is 3.87. The minimum absolute atomic E-state index is 0.0962. The summed E-state index contributed by atoms with van der Waals surface area (Å²) in [6.07, 6.45) is 0.0962. The number of rotatable bonds is 4. The van der Waals surface area contributed by atoms with E-state index in [1.807, 2.05) is 7.05 Å². The van der Waals surface area contributed by atoms with Crippen LogP contribution in [0.1, 0.15) is 20.7 Å². The number of imide groups is 1. The molecule has 1 saturated heterocycles. The number of ether oxygens (including phenoxy) is 1. The van der Waals surface area contributed by atoms with Gasteiger partial charge in [-0.05, 0) is 19.2 Å². The number of amides is 2. The summed E-state index contributed by atoms with van der Waals surface area (Å²) in [5.41, 5.74) is 1.00. The molecule has 6 nitrogen and oxygen atoms in total. The average molecular weight is 289 g/mol. The van der Waals surface area contributed by atoms with Crippen LogP contribution in [0.5, 0.6) is 0 Å². The number of nitrogens with zero attached hydrogens (tertiary/aromatic N) is 2. The lowest BCUT2D eigenvalue weighted by Gasteiger charge is -2.34. The number of nitrogens with one attached hydrogen (secondary N) is 1. The zero-order chi connectivity index (χ0) is 14.8. The molecule has 1 fully saturated rings. The van der Waals surface area contributed by atoms with E-state index in [1.165, 1.54) is 4.90 Å². The van der Waals surface area contributed by atoms with Gasteiger partial charge in [-0.3, -0.25) is 19.4 Å². The van der Waals surface area contributed by atoms with Crippen LogP contribution in [-0.2, 0) is 4.74 Å². The number of hydrogen-bond acceptors (Lipinski definition) is 5. The van der Waals surface area contributed by atoms with Crippen molar-refractivity contribution in [2.75, 3.05) is 40.0 Å². The SMILES string of the molecule is CNCC1CN(CN2C(=O)c3ccccc3C2=O)CCO1. The highest BCUT2D eigenvalue weighted by Gasteiger charge is 2.36. The molecule has 2 aliphatic heterocycles. The molecule has 1 atom stereocenters. The second-order valence-corrected chi connectivity index (χ2v) is 5.35. The first-order valence-corrected chi connectivity index (χ1v) is 7.14. The van der Waals surface area contributed by atoms with E-state index < -0.39 is 0 Å². The zero-order valence-electron chi connectivity index (χ0n) is 12.0. The molecule has 1 aromatic carbocycles. The number of benzene rings is 1. The normalized spacial score (nSPS) is 22.7. The summed E-state index contributed by atoms with van der Waals surface area (Å²) < 4.78 is 5.64. The summed E-state index contributed by atoms with van der Waals surface area (Å²) in [6.45, 7) is 3.16. The molecule has 2 amide bonds. The Bertz CT molecular complexity index is 524. The molecule has 1 N–H and O–H groups in total. The molecular weight excluding hydrogens is 270 g/mol. The maximum atomic E-state index is 12.3. The Kier molecular flexibility index (Phi) is 4.01. The van der Waals surface area contributed by atoms with Crippen molar-refractivity contribution in [3.63, 3.8) is 0 Å². The molecule has 3 rings (SSSR count). The second kappa shape index (κ2) is 5.93. The van der Waals surface area contributed by atoms with E-state index in [9.17, 15) is 9.59 Å². The largest absolute Gasteiger partial charge is 0.374 e. The molecule has 0 bridgehead atoms. The minimum atomic E-state index is -0.202. The summed E-state index contributed by atoms with van der Waals surface area (Å²) >= 11 is 0. The third-order valence-corrected chi connectivity index (χ3v) is 3.87. The standard InChI is InChI=1S/C15H19N3O3/c1-16-8-11-9-17(6-7-21-11)10-18-14(19)12-4-2-3-5-13(12)15(18)20/h2-5,11,16H,6-10H2,1H3. The highest BCUT2D eigenvalue weighted by atomic mass is 16.5. The predicted octanol–water partition coefficient (Wildman–Crippen LogP) is 0.160. The van der Waals surface area contributed by atoms with Gasteiger partial charge in [-0.15, -0.1) is 0 Å². The van der Waals surface area contributed by atoms with E-state index in [0.29, 0.717) is 30.9 Å². The first-order valence-electron chi connectivity index (χ1n) is 7.14. The van der Waals surface area contributed by atoms with Crippen LogP contribution in [0, 0.1) is 0 Å². The fraction of sp³-hybridized carbons (Fsp3) is 0.467. The van der Waals surface area contributed by atoms with Gasteiger partial charge in [0.05, 0.1) is 30.5 Å². The van der Waals surface area contributed by atoms with Gasteiger partial charge in [0.25, 0.3) is 11.8 Å². The van der Waals surface area contributed by atoms with Crippen molar-refractivity contribution in [2.45, 2.75) is 6.10 Å². The van der Waals surface area contributed by atoms with Gasteiger partial charge in [-0.2, -0.15) is 0 Å². The molecule has 0 radical (unpaired) electrons. The number of carbonyl (C=O) groups is 2. The van der Waals surface area contributed by atoms with Crippen LogP contribution in [0.15, 0.2) is 24.3 Å². The topological polar surface area (TPSA) is 61.9 Å². The molecule has 112 valence electrons. The number of morpholine rings is 1. The monoisotopic (exact) mass is 289 g/mol. The summed E-state index contributed by atoms with van der Waals surface area (Å²) in [7, 11) is 1.88. The Labute approximate surface area is 123 Å². The van der Waals surface area contributed by atoms with Gasteiger partial charge in [0, 0.05) is 19.6 Å². The van der Waals surface area contributed by atoms with Crippen molar-refractivity contribution in [3.05, 3.63) is 35.4 Å². The number of fused-ring (bicyclic) bond motifs is 1. The molecule has 1 unspecified atom stereocenters. The summed E-state index contributed by atoms with van der Waals surface area (Å²) in [6, 6.07) is 6.98. The van der Waals surface area contributed by atoms with E-state index in [0.717, 1.165) is 13.1 Å². The van der Waals surface area contributed by atoms with Gasteiger partial charge < -0.3 is 10.1 Å². The number of carbonyl (C=O) groups excluding carboxylic acids is 2. The minimum Gasteiger partial charge on any atom is -0.374 e. The molecule has 0 aromatic heterocycles. The maximum Gasteiger partial charge on any atom is 0.262 e. The van der Waals surface area contributed by atoms with Crippen LogP contribution in [0.2, 0.25) is 0 Å². The smallest absolute Gasteiger partial charge is 0.262 e. The Hall–Kier alpha value is -1.76. The molecule has 21 heavy (non-hydrogen) atoms. The zero-order valence-corrected chi connectivity index (χ0v) is 12.0. The molecule has 1 aromatic rings. The fourth-order valence-electron chi connectivity index (χ4n) is 2.83. The second-order valence-electron chi connectivity index (χ2n) is 5.35. The van der Waals surface area contributed by atoms with Gasteiger partial charge in [0.2, 0.25) is 0 Å². The first kappa shape index (κ1) is 14.2. The fourth-order valence-corrected chi connectivity index (χ4v) is 2.83. The molecule has 0 saturated carbocycles. The molecule has 0 spiro atoms. The van der Waals surface area contributed by atoms with Crippen molar-refractivity contribution in [1.29, 1.82) is 0 Å². The van der Waals surface area contributed by atoms with E-state index >= 15 is 0 Å². The van der Waals surface area contributed by atoms with Crippen molar-refractivity contribution < 1.29 is 14.3 Å². The highest BCUT2D eigenvalue weighted by Crippen LogP contribution is 2.22. The Morgan fingerprint density at radius 2 is 1.90 bits per heavy atom. The van der Waals surface area contributed by atoms with Crippen LogP contribution in [-0.4, -0.2) is 67.7 Å². The lowest BCUT2D eigenvalue weighted by atomic mass is 10.1. The van der Waals surface area contributed by atoms with Crippen molar-refractivity contribution in [3.8, 4) is 0 Å². The average Bonchev–Trinajstić information content (AvgIpc) is 2.74. The van der Waals surface area contributed by atoms with Gasteiger partial charge in [0.1, 0.15) is 0 Å². The first-order chi connectivity index (χ1) is 10.2. The van der Waals surface area contributed by atoms with E-state index in [1.54, 1.807) is 24.3 Å². The molecular formula is C15H19N3O3. The van der Waals surface area contributed by atoms with E-state index in [-0.39, 0.29) is 17.9 Å². The van der Waals surface area contributed by atoms with Gasteiger partial charge in [-0.1, -0.05) is 12.1 Å². The highest BCUT2D eigenvalue weighted by molar-refractivity contribution is 6.21. The number of likely N-dealkylation sites (N-methyl/N-ethyl adjacent to an activating group) is 1. The molecule has 2 aliphatic rings. The lowest BCUT2D eigenvalue weighted by Crippen LogP contribution is -2.51.